The molecule has 0 aliphatic carbocycles. The average Bonchev–Trinajstić information content (AvgIpc) is 2.98. The van der Waals surface area contributed by atoms with Crippen molar-refractivity contribution in [1.29, 1.82) is 0 Å². The van der Waals surface area contributed by atoms with Crippen LogP contribution in [0, 0.1) is 0 Å². The Morgan fingerprint density at radius 3 is 3.00 bits per heavy atom. The van der Waals surface area contributed by atoms with E-state index in [1.54, 1.807) is 16.7 Å². The van der Waals surface area contributed by atoms with Gasteiger partial charge in [-0.2, -0.15) is 0 Å². The van der Waals surface area contributed by atoms with E-state index in [2.05, 4.69) is 27.7 Å². The number of urea groups is 1. The third-order valence-electron chi connectivity index (χ3n) is 3.08. The SMILES string of the molecule is CCC(C)(C)NC(=O)N1CSC[C@@H]1n1ncnn1. The lowest BCUT2D eigenvalue weighted by Gasteiger charge is -2.30. The quantitative estimate of drug-likeness (QED) is 0.889. The second-order valence-electron chi connectivity index (χ2n) is 4.87. The lowest BCUT2D eigenvalue weighted by Crippen LogP contribution is -2.50. The molecule has 2 rings (SSSR count). The van der Waals surface area contributed by atoms with Crippen LogP contribution < -0.4 is 5.32 Å². The molecular weight excluding hydrogens is 252 g/mol. The van der Waals surface area contributed by atoms with Crippen LogP contribution in [-0.4, -0.2) is 48.3 Å². The molecule has 100 valence electrons. The number of tetrazole rings is 1. The van der Waals surface area contributed by atoms with E-state index in [0.29, 0.717) is 5.88 Å². The van der Waals surface area contributed by atoms with Gasteiger partial charge in [0.25, 0.3) is 0 Å². The largest absolute Gasteiger partial charge is 0.333 e. The highest BCUT2D eigenvalue weighted by atomic mass is 32.2. The molecule has 7 nitrogen and oxygen atoms in total. The van der Waals surface area contributed by atoms with Crippen LogP contribution in [0.5, 0.6) is 0 Å². The minimum absolute atomic E-state index is 0.0749. The summed E-state index contributed by atoms with van der Waals surface area (Å²) in [5.41, 5.74) is -0.204. The van der Waals surface area contributed by atoms with Crippen molar-refractivity contribution in [3.63, 3.8) is 0 Å². The van der Waals surface area contributed by atoms with Crippen molar-refractivity contribution in [2.24, 2.45) is 0 Å². The molecule has 1 aromatic rings. The Kier molecular flexibility index (Phi) is 3.74. The fraction of sp³-hybridized carbons (Fsp3) is 0.800. The summed E-state index contributed by atoms with van der Waals surface area (Å²) in [6.07, 6.45) is 2.12. The highest BCUT2D eigenvalue weighted by Gasteiger charge is 2.34. The summed E-state index contributed by atoms with van der Waals surface area (Å²) in [6.45, 7) is 6.07. The molecular formula is C10H18N6OS. The van der Waals surface area contributed by atoms with Crippen molar-refractivity contribution in [2.75, 3.05) is 11.6 Å². The smallest absolute Gasteiger partial charge is 0.320 e. The van der Waals surface area contributed by atoms with Gasteiger partial charge in [0.2, 0.25) is 0 Å². The van der Waals surface area contributed by atoms with Crippen LogP contribution in [0.1, 0.15) is 33.4 Å². The van der Waals surface area contributed by atoms with Crippen molar-refractivity contribution in [1.82, 2.24) is 30.4 Å². The lowest BCUT2D eigenvalue weighted by molar-refractivity contribution is 0.154. The van der Waals surface area contributed by atoms with Gasteiger partial charge < -0.3 is 5.32 Å². The predicted octanol–water partition coefficient (Wildman–Crippen LogP) is 1.08. The van der Waals surface area contributed by atoms with Gasteiger partial charge in [0.05, 0.1) is 5.88 Å². The van der Waals surface area contributed by atoms with Crippen molar-refractivity contribution in [2.45, 2.75) is 38.9 Å². The van der Waals surface area contributed by atoms with Crippen molar-refractivity contribution in [3.05, 3.63) is 6.33 Å². The van der Waals surface area contributed by atoms with Gasteiger partial charge in [-0.05, 0) is 25.5 Å². The van der Waals surface area contributed by atoms with Crippen molar-refractivity contribution >= 4 is 17.8 Å². The van der Waals surface area contributed by atoms with Gasteiger partial charge in [0.1, 0.15) is 0 Å². The Hall–Kier alpha value is -1.31. The van der Waals surface area contributed by atoms with Crippen LogP contribution in [0.4, 0.5) is 4.79 Å². The summed E-state index contributed by atoms with van der Waals surface area (Å²) in [5.74, 6) is 1.44. The zero-order chi connectivity index (χ0) is 13.2. The molecule has 8 heteroatoms. The molecule has 0 saturated carbocycles. The summed E-state index contributed by atoms with van der Waals surface area (Å²) in [4.78, 5) is 15.5. The van der Waals surface area contributed by atoms with Crippen molar-refractivity contribution < 1.29 is 4.79 Å². The number of rotatable bonds is 3. The van der Waals surface area contributed by atoms with Crippen LogP contribution in [0.15, 0.2) is 6.33 Å². The van der Waals surface area contributed by atoms with E-state index in [9.17, 15) is 4.79 Å². The van der Waals surface area contributed by atoms with Gasteiger partial charge in [-0.25, -0.2) is 4.79 Å². The van der Waals surface area contributed by atoms with Crippen LogP contribution in [-0.2, 0) is 0 Å². The molecule has 0 spiro atoms. The average molecular weight is 270 g/mol. The number of carbonyl (C=O) groups excluding carboxylic acids is 1. The molecule has 1 aromatic heterocycles. The number of aromatic nitrogens is 4. The maximum Gasteiger partial charge on any atom is 0.320 e. The number of amides is 2. The molecule has 0 unspecified atom stereocenters. The number of hydrogen-bond donors (Lipinski definition) is 1. The Balaban J connectivity index is 2.06. The summed E-state index contributed by atoms with van der Waals surface area (Å²) in [7, 11) is 0. The Labute approximate surface area is 110 Å². The number of nitrogens with one attached hydrogen (secondary N) is 1. The molecule has 0 radical (unpaired) electrons. The van der Waals surface area contributed by atoms with Crippen LogP contribution >= 0.6 is 11.8 Å². The Morgan fingerprint density at radius 1 is 1.61 bits per heavy atom. The van der Waals surface area contributed by atoms with Gasteiger partial charge in [-0.15, -0.1) is 26.8 Å². The van der Waals surface area contributed by atoms with E-state index in [4.69, 9.17) is 0 Å². The summed E-state index contributed by atoms with van der Waals surface area (Å²) in [5, 5.41) is 14.6. The first-order valence-corrected chi connectivity index (χ1v) is 7.08. The van der Waals surface area contributed by atoms with Gasteiger partial charge in [0.15, 0.2) is 12.5 Å². The first-order chi connectivity index (χ1) is 8.53. The molecule has 1 aliphatic rings. The van der Waals surface area contributed by atoms with Crippen molar-refractivity contribution in [3.8, 4) is 0 Å². The van der Waals surface area contributed by atoms with E-state index < -0.39 is 0 Å². The van der Waals surface area contributed by atoms with Gasteiger partial charge >= 0.3 is 6.03 Å². The van der Waals surface area contributed by atoms with E-state index in [0.717, 1.165) is 12.2 Å². The zero-order valence-corrected chi connectivity index (χ0v) is 11.6. The van der Waals surface area contributed by atoms with E-state index in [-0.39, 0.29) is 17.7 Å². The second kappa shape index (κ2) is 5.13. The number of nitrogens with zero attached hydrogens (tertiary/aromatic N) is 5. The minimum atomic E-state index is -0.204. The van der Waals surface area contributed by atoms with E-state index in [1.165, 1.54) is 11.1 Å². The summed E-state index contributed by atoms with van der Waals surface area (Å²) in [6, 6.07) is -0.0749. The molecule has 18 heavy (non-hydrogen) atoms. The predicted molar refractivity (Wildman–Crippen MR) is 68.9 cm³/mol. The monoisotopic (exact) mass is 270 g/mol. The Morgan fingerprint density at radius 2 is 2.39 bits per heavy atom. The van der Waals surface area contributed by atoms with Gasteiger partial charge in [-0.3, -0.25) is 4.90 Å². The van der Waals surface area contributed by atoms with E-state index in [1.807, 2.05) is 13.8 Å². The van der Waals surface area contributed by atoms with Crippen LogP contribution in [0.25, 0.3) is 0 Å². The van der Waals surface area contributed by atoms with E-state index >= 15 is 0 Å². The molecule has 1 N–H and O–H groups in total. The maximum atomic E-state index is 12.2. The molecule has 0 aromatic carbocycles. The highest BCUT2D eigenvalue weighted by Crippen LogP contribution is 2.27. The third-order valence-corrected chi connectivity index (χ3v) is 4.07. The molecule has 2 amide bonds. The highest BCUT2D eigenvalue weighted by molar-refractivity contribution is 7.99. The number of hydrogen-bond acceptors (Lipinski definition) is 5. The fourth-order valence-corrected chi connectivity index (χ4v) is 2.69. The summed E-state index contributed by atoms with van der Waals surface area (Å²) >= 11 is 1.69. The normalized spacial score (nSPS) is 20.2. The third kappa shape index (κ3) is 2.74. The number of thioether (sulfide) groups is 1. The number of carbonyl (C=O) groups is 1. The maximum absolute atomic E-state index is 12.2. The molecule has 2 heterocycles. The fourth-order valence-electron chi connectivity index (χ4n) is 1.58. The van der Waals surface area contributed by atoms with Crippen LogP contribution in [0.3, 0.4) is 0 Å². The minimum Gasteiger partial charge on any atom is -0.333 e. The standard InChI is InChI=1S/C10H18N6OS/c1-4-10(2,3)13-9(17)15-7-18-5-8(15)16-12-6-11-14-16/h6,8H,4-5,7H2,1-3H3,(H,13,17)/t8-/m0/s1. The lowest BCUT2D eigenvalue weighted by atomic mass is 10.0. The topological polar surface area (TPSA) is 75.9 Å². The molecule has 1 fully saturated rings. The Bertz CT molecular complexity index is 407. The zero-order valence-electron chi connectivity index (χ0n) is 10.8. The van der Waals surface area contributed by atoms with Gasteiger partial charge in [-0.1, -0.05) is 6.92 Å². The summed E-state index contributed by atoms with van der Waals surface area (Å²) < 4.78 is 0. The van der Waals surface area contributed by atoms with Crippen LogP contribution in [0.2, 0.25) is 0 Å². The first kappa shape index (κ1) is 13.1. The first-order valence-electron chi connectivity index (χ1n) is 5.92. The molecule has 0 bridgehead atoms. The molecule has 1 aliphatic heterocycles. The second-order valence-corrected chi connectivity index (χ2v) is 5.87. The molecule has 1 atom stereocenters. The van der Waals surface area contributed by atoms with Gasteiger partial charge in [0, 0.05) is 11.3 Å². The molecule has 1 saturated heterocycles.